The lowest BCUT2D eigenvalue weighted by atomic mass is 10.1. The lowest BCUT2D eigenvalue weighted by molar-refractivity contribution is 0.0470. The van der Waals surface area contributed by atoms with Gasteiger partial charge in [0.05, 0.1) is 22.6 Å². The van der Waals surface area contributed by atoms with Crippen LogP contribution in [0.1, 0.15) is 32.2 Å². The number of aromatic nitrogens is 1. The molecule has 0 spiro atoms. The molecule has 144 valence electrons. The molecule has 3 rings (SSSR count). The average Bonchev–Trinajstić information content (AvgIpc) is 3.11. The molecule has 0 aliphatic carbocycles. The second kappa shape index (κ2) is 8.79. The summed E-state index contributed by atoms with van der Waals surface area (Å²) in [5, 5.41) is 3.80. The third kappa shape index (κ3) is 4.83. The van der Waals surface area contributed by atoms with Crippen molar-refractivity contribution in [1.82, 2.24) is 5.16 Å². The first kappa shape index (κ1) is 19.8. The molecular formula is C20H15F2NO4S. The molecule has 0 radical (unpaired) electrons. The van der Waals surface area contributed by atoms with Crippen LogP contribution in [0.25, 0.3) is 0 Å². The Labute approximate surface area is 163 Å². The molecule has 2 aromatic carbocycles. The van der Waals surface area contributed by atoms with Gasteiger partial charge in [-0.1, -0.05) is 17.3 Å². The predicted molar refractivity (Wildman–Crippen MR) is 98.2 cm³/mol. The first-order valence-electron chi connectivity index (χ1n) is 8.23. The van der Waals surface area contributed by atoms with Gasteiger partial charge < -0.3 is 9.26 Å². The van der Waals surface area contributed by atoms with Crippen molar-refractivity contribution in [1.29, 1.82) is 0 Å². The van der Waals surface area contributed by atoms with Gasteiger partial charge in [-0.25, -0.2) is 13.6 Å². The van der Waals surface area contributed by atoms with Crippen LogP contribution < -0.4 is 0 Å². The van der Waals surface area contributed by atoms with Crippen molar-refractivity contribution >= 4 is 23.5 Å². The Morgan fingerprint density at radius 3 is 2.64 bits per heavy atom. The van der Waals surface area contributed by atoms with Crippen molar-refractivity contribution in [3.05, 3.63) is 82.7 Å². The third-order valence-corrected chi connectivity index (χ3v) is 4.81. The Bertz CT molecular complexity index is 1020. The highest BCUT2D eigenvalue weighted by molar-refractivity contribution is 7.98. The Morgan fingerprint density at radius 2 is 1.89 bits per heavy atom. The molecule has 0 N–H and O–H groups in total. The zero-order chi connectivity index (χ0) is 20.1. The van der Waals surface area contributed by atoms with Gasteiger partial charge in [0, 0.05) is 11.0 Å². The number of halogens is 2. The van der Waals surface area contributed by atoms with E-state index in [0.29, 0.717) is 16.4 Å². The molecule has 0 amide bonds. The molecule has 0 saturated heterocycles. The van der Waals surface area contributed by atoms with E-state index in [9.17, 15) is 18.4 Å². The smallest absolute Gasteiger partial charge is 0.339 e. The minimum Gasteiger partial charge on any atom is -0.454 e. The second-order valence-corrected chi connectivity index (χ2v) is 6.86. The first-order chi connectivity index (χ1) is 13.4. The van der Waals surface area contributed by atoms with Crippen molar-refractivity contribution in [3.63, 3.8) is 0 Å². The van der Waals surface area contributed by atoms with Gasteiger partial charge in [0.2, 0.25) is 5.78 Å². The zero-order valence-corrected chi connectivity index (χ0v) is 15.6. The standard InChI is InChI=1S/C20H15F2NO4S/c1-12-8-14(27-23-12)11-28-19-5-3-2-4-15(19)20(25)26-10-18(24)16-9-13(21)6-7-17(16)22/h2-9H,10-11H2,1H3. The van der Waals surface area contributed by atoms with Crippen LogP contribution in [0, 0.1) is 18.6 Å². The van der Waals surface area contributed by atoms with Crippen LogP contribution >= 0.6 is 11.8 Å². The fourth-order valence-electron chi connectivity index (χ4n) is 2.39. The number of carbonyl (C=O) groups is 2. The summed E-state index contributed by atoms with van der Waals surface area (Å²) >= 11 is 1.35. The van der Waals surface area contributed by atoms with Crippen molar-refractivity contribution in [2.75, 3.05) is 6.61 Å². The summed E-state index contributed by atoms with van der Waals surface area (Å²) < 4.78 is 37.0. The van der Waals surface area contributed by atoms with E-state index in [1.165, 1.54) is 11.8 Å². The molecule has 0 aliphatic heterocycles. The monoisotopic (exact) mass is 403 g/mol. The van der Waals surface area contributed by atoms with Gasteiger partial charge in [-0.15, -0.1) is 11.8 Å². The van der Waals surface area contributed by atoms with Crippen LogP contribution in [0.4, 0.5) is 8.78 Å². The molecule has 1 heterocycles. The number of aryl methyl sites for hydroxylation is 1. The second-order valence-electron chi connectivity index (χ2n) is 5.84. The number of carbonyl (C=O) groups excluding carboxylic acids is 2. The number of esters is 1. The van der Waals surface area contributed by atoms with E-state index >= 15 is 0 Å². The minimum atomic E-state index is -0.874. The van der Waals surface area contributed by atoms with E-state index in [-0.39, 0.29) is 5.56 Å². The molecule has 0 fully saturated rings. The molecule has 0 saturated carbocycles. The van der Waals surface area contributed by atoms with Gasteiger partial charge in [-0.3, -0.25) is 4.79 Å². The van der Waals surface area contributed by atoms with E-state index in [0.717, 1.165) is 23.9 Å². The highest BCUT2D eigenvalue weighted by Crippen LogP contribution is 2.27. The maximum absolute atomic E-state index is 13.6. The molecule has 0 aliphatic rings. The van der Waals surface area contributed by atoms with Crippen LogP contribution in [0.15, 0.2) is 57.9 Å². The number of hydrogen-bond donors (Lipinski definition) is 0. The number of Topliss-reactive ketones (excluding diaryl/α,β-unsaturated/α-hetero) is 1. The van der Waals surface area contributed by atoms with Crippen LogP contribution in [0.2, 0.25) is 0 Å². The molecule has 1 aromatic heterocycles. The average molecular weight is 403 g/mol. The lowest BCUT2D eigenvalue weighted by Crippen LogP contribution is -2.16. The summed E-state index contributed by atoms with van der Waals surface area (Å²) in [5.74, 6) is -2.07. The summed E-state index contributed by atoms with van der Waals surface area (Å²) in [6.45, 7) is 1.11. The molecule has 28 heavy (non-hydrogen) atoms. The third-order valence-electron chi connectivity index (χ3n) is 3.72. The number of nitrogens with zero attached hydrogens (tertiary/aromatic N) is 1. The Hall–Kier alpha value is -3.00. The fourth-order valence-corrected chi connectivity index (χ4v) is 3.31. The molecule has 3 aromatic rings. The normalized spacial score (nSPS) is 10.7. The summed E-state index contributed by atoms with van der Waals surface area (Å²) in [7, 11) is 0. The number of benzene rings is 2. The molecule has 0 bridgehead atoms. The molecule has 0 atom stereocenters. The number of ketones is 1. The molecule has 0 unspecified atom stereocenters. The first-order valence-corrected chi connectivity index (χ1v) is 9.22. The van der Waals surface area contributed by atoms with Gasteiger partial charge in [0.1, 0.15) is 17.4 Å². The van der Waals surface area contributed by atoms with Crippen molar-refractivity contribution in [3.8, 4) is 0 Å². The van der Waals surface area contributed by atoms with E-state index in [4.69, 9.17) is 9.26 Å². The van der Waals surface area contributed by atoms with E-state index < -0.39 is 35.6 Å². The number of rotatable bonds is 7. The maximum Gasteiger partial charge on any atom is 0.339 e. The lowest BCUT2D eigenvalue weighted by Gasteiger charge is -2.09. The van der Waals surface area contributed by atoms with Gasteiger partial charge in [0.25, 0.3) is 0 Å². The molecular weight excluding hydrogens is 388 g/mol. The minimum absolute atomic E-state index is 0.260. The summed E-state index contributed by atoms with van der Waals surface area (Å²) in [4.78, 5) is 25.1. The summed E-state index contributed by atoms with van der Waals surface area (Å²) in [6, 6.07) is 11.0. The van der Waals surface area contributed by atoms with Crippen LogP contribution in [-0.4, -0.2) is 23.5 Å². The van der Waals surface area contributed by atoms with Crippen molar-refractivity contribution in [2.45, 2.75) is 17.6 Å². The van der Waals surface area contributed by atoms with Crippen molar-refractivity contribution < 1.29 is 27.6 Å². The van der Waals surface area contributed by atoms with Crippen LogP contribution in [0.5, 0.6) is 0 Å². The molecule has 5 nitrogen and oxygen atoms in total. The highest BCUT2D eigenvalue weighted by Gasteiger charge is 2.18. The number of thioether (sulfide) groups is 1. The van der Waals surface area contributed by atoms with Gasteiger partial charge >= 0.3 is 5.97 Å². The Morgan fingerprint density at radius 1 is 1.11 bits per heavy atom. The van der Waals surface area contributed by atoms with Gasteiger partial charge in [-0.2, -0.15) is 0 Å². The Kier molecular flexibility index (Phi) is 6.20. The largest absolute Gasteiger partial charge is 0.454 e. The topological polar surface area (TPSA) is 69.4 Å². The maximum atomic E-state index is 13.6. The fraction of sp³-hybridized carbons (Fsp3) is 0.150. The van der Waals surface area contributed by atoms with Crippen molar-refractivity contribution in [2.24, 2.45) is 0 Å². The van der Waals surface area contributed by atoms with E-state index in [1.54, 1.807) is 37.3 Å². The summed E-state index contributed by atoms with van der Waals surface area (Å²) in [6.07, 6.45) is 0. The SMILES string of the molecule is Cc1cc(CSc2ccccc2C(=O)OCC(=O)c2cc(F)ccc2F)on1. The summed E-state index contributed by atoms with van der Waals surface area (Å²) in [5.41, 5.74) is 0.554. The molecule has 8 heteroatoms. The zero-order valence-electron chi connectivity index (χ0n) is 14.8. The van der Waals surface area contributed by atoms with Crippen LogP contribution in [0.3, 0.4) is 0 Å². The van der Waals surface area contributed by atoms with Crippen LogP contribution in [-0.2, 0) is 10.5 Å². The van der Waals surface area contributed by atoms with Gasteiger partial charge in [-0.05, 0) is 37.3 Å². The van der Waals surface area contributed by atoms with Gasteiger partial charge in [0.15, 0.2) is 6.61 Å². The predicted octanol–water partition coefficient (Wildman–Crippen LogP) is 4.59. The highest BCUT2D eigenvalue weighted by atomic mass is 32.2. The van der Waals surface area contributed by atoms with E-state index in [1.807, 2.05) is 0 Å². The Balaban J connectivity index is 1.65. The quantitative estimate of drug-likeness (QED) is 0.326. The number of ether oxygens (including phenoxy) is 1. The number of hydrogen-bond acceptors (Lipinski definition) is 6. The van der Waals surface area contributed by atoms with E-state index in [2.05, 4.69) is 5.16 Å².